The largest absolute Gasteiger partial charge is 0.481 e. The molecule has 124 valence electrons. The SMILES string of the molecule is O=C(O)C1Cc2ccccc2CN(C(=O)OCc2ccccc2)C1. The van der Waals surface area contributed by atoms with Crippen LogP contribution in [0.2, 0.25) is 0 Å². The monoisotopic (exact) mass is 325 g/mol. The highest BCUT2D eigenvalue weighted by Crippen LogP contribution is 2.23. The molecule has 0 bridgehead atoms. The summed E-state index contributed by atoms with van der Waals surface area (Å²) < 4.78 is 5.36. The lowest BCUT2D eigenvalue weighted by molar-refractivity contribution is -0.142. The van der Waals surface area contributed by atoms with Crippen LogP contribution in [0.1, 0.15) is 16.7 Å². The zero-order chi connectivity index (χ0) is 16.9. The first-order valence-corrected chi connectivity index (χ1v) is 7.88. The van der Waals surface area contributed by atoms with E-state index in [9.17, 15) is 14.7 Å². The second-order valence-corrected chi connectivity index (χ2v) is 5.93. The van der Waals surface area contributed by atoms with Gasteiger partial charge in [-0.3, -0.25) is 4.79 Å². The lowest BCUT2D eigenvalue weighted by atomic mass is 9.98. The third-order valence-electron chi connectivity index (χ3n) is 4.20. The van der Waals surface area contributed by atoms with Gasteiger partial charge in [0.15, 0.2) is 0 Å². The van der Waals surface area contributed by atoms with E-state index in [-0.39, 0.29) is 13.2 Å². The number of carbonyl (C=O) groups excluding carboxylic acids is 1. The van der Waals surface area contributed by atoms with E-state index in [0.29, 0.717) is 13.0 Å². The van der Waals surface area contributed by atoms with Crippen molar-refractivity contribution in [2.75, 3.05) is 6.54 Å². The van der Waals surface area contributed by atoms with Crippen LogP contribution in [-0.4, -0.2) is 28.6 Å². The van der Waals surface area contributed by atoms with Crippen LogP contribution in [-0.2, 0) is 29.1 Å². The van der Waals surface area contributed by atoms with Crippen molar-refractivity contribution in [3.05, 3.63) is 71.3 Å². The van der Waals surface area contributed by atoms with Gasteiger partial charge in [-0.2, -0.15) is 0 Å². The van der Waals surface area contributed by atoms with E-state index in [1.165, 1.54) is 4.90 Å². The zero-order valence-corrected chi connectivity index (χ0v) is 13.2. The zero-order valence-electron chi connectivity index (χ0n) is 13.2. The molecule has 0 saturated heterocycles. The van der Waals surface area contributed by atoms with E-state index in [4.69, 9.17) is 4.74 Å². The van der Waals surface area contributed by atoms with Crippen molar-refractivity contribution in [1.29, 1.82) is 0 Å². The highest BCUT2D eigenvalue weighted by atomic mass is 16.6. The van der Waals surface area contributed by atoms with Gasteiger partial charge < -0.3 is 14.7 Å². The van der Waals surface area contributed by atoms with Gasteiger partial charge in [0.2, 0.25) is 0 Å². The molecule has 0 aliphatic carbocycles. The summed E-state index contributed by atoms with van der Waals surface area (Å²) in [6.07, 6.45) is -0.0599. The molecule has 0 aromatic heterocycles. The number of nitrogens with zero attached hydrogens (tertiary/aromatic N) is 1. The van der Waals surface area contributed by atoms with E-state index in [2.05, 4.69) is 0 Å². The molecule has 1 aliphatic rings. The Bertz CT molecular complexity index is 729. The third kappa shape index (κ3) is 3.74. The van der Waals surface area contributed by atoms with E-state index >= 15 is 0 Å². The molecular weight excluding hydrogens is 306 g/mol. The number of carbonyl (C=O) groups is 2. The first kappa shape index (κ1) is 16.1. The molecule has 2 aromatic carbocycles. The molecular formula is C19H19NO4. The Balaban J connectivity index is 1.73. The van der Waals surface area contributed by atoms with Crippen molar-refractivity contribution in [3.8, 4) is 0 Å². The molecule has 1 amide bonds. The number of benzene rings is 2. The van der Waals surface area contributed by atoms with Gasteiger partial charge in [-0.1, -0.05) is 54.6 Å². The number of ether oxygens (including phenoxy) is 1. The molecule has 0 saturated carbocycles. The smallest absolute Gasteiger partial charge is 0.410 e. The number of hydrogen-bond acceptors (Lipinski definition) is 3. The number of carboxylic acid groups (broad SMARTS) is 1. The molecule has 0 fully saturated rings. The minimum atomic E-state index is -0.896. The van der Waals surface area contributed by atoms with Gasteiger partial charge in [0.05, 0.1) is 5.92 Å². The van der Waals surface area contributed by atoms with Gasteiger partial charge in [-0.05, 0) is 23.1 Å². The summed E-state index contributed by atoms with van der Waals surface area (Å²) in [5.41, 5.74) is 2.84. The van der Waals surface area contributed by atoms with Crippen molar-refractivity contribution in [1.82, 2.24) is 4.90 Å². The number of aliphatic carboxylic acids is 1. The first-order chi connectivity index (χ1) is 11.6. The summed E-state index contributed by atoms with van der Waals surface area (Å²) >= 11 is 0. The van der Waals surface area contributed by atoms with Crippen molar-refractivity contribution >= 4 is 12.1 Å². The molecule has 0 radical (unpaired) electrons. The van der Waals surface area contributed by atoms with Crippen molar-refractivity contribution in [3.63, 3.8) is 0 Å². The van der Waals surface area contributed by atoms with E-state index in [0.717, 1.165) is 16.7 Å². The lowest BCUT2D eigenvalue weighted by Gasteiger charge is -2.22. The molecule has 1 unspecified atom stereocenters. The molecule has 24 heavy (non-hydrogen) atoms. The molecule has 1 N–H and O–H groups in total. The number of fused-ring (bicyclic) bond motifs is 1. The van der Waals surface area contributed by atoms with Crippen LogP contribution in [0, 0.1) is 5.92 Å². The third-order valence-corrected chi connectivity index (χ3v) is 4.20. The molecule has 2 aromatic rings. The van der Waals surface area contributed by atoms with Crippen LogP contribution in [0.25, 0.3) is 0 Å². The molecule has 1 atom stereocenters. The molecule has 5 nitrogen and oxygen atoms in total. The second-order valence-electron chi connectivity index (χ2n) is 5.93. The highest BCUT2D eigenvalue weighted by molar-refractivity contribution is 5.73. The summed E-state index contributed by atoms with van der Waals surface area (Å²) in [6, 6.07) is 17.1. The molecule has 1 aliphatic heterocycles. The lowest BCUT2D eigenvalue weighted by Crippen LogP contribution is -2.36. The summed E-state index contributed by atoms with van der Waals surface area (Å²) in [5.74, 6) is -1.52. The molecule has 0 spiro atoms. The molecule has 5 heteroatoms. The number of hydrogen-bond donors (Lipinski definition) is 1. The fraction of sp³-hybridized carbons (Fsp3) is 0.263. The van der Waals surface area contributed by atoms with Gasteiger partial charge in [0.25, 0.3) is 0 Å². The second kappa shape index (κ2) is 7.17. The topological polar surface area (TPSA) is 66.8 Å². The quantitative estimate of drug-likeness (QED) is 0.942. The summed E-state index contributed by atoms with van der Waals surface area (Å²) in [6.45, 7) is 0.695. The maximum Gasteiger partial charge on any atom is 0.410 e. The number of carboxylic acids is 1. The Morgan fingerprint density at radius 2 is 1.71 bits per heavy atom. The molecule has 3 rings (SSSR count). The van der Waals surface area contributed by atoms with Crippen LogP contribution in [0.3, 0.4) is 0 Å². The number of amides is 1. The molecule has 1 heterocycles. The fourth-order valence-electron chi connectivity index (χ4n) is 2.89. The average Bonchev–Trinajstić information content (AvgIpc) is 2.80. The average molecular weight is 325 g/mol. The van der Waals surface area contributed by atoms with Crippen LogP contribution in [0.5, 0.6) is 0 Å². The summed E-state index contributed by atoms with van der Waals surface area (Å²) in [4.78, 5) is 25.4. The van der Waals surface area contributed by atoms with E-state index in [1.807, 2.05) is 54.6 Å². The minimum Gasteiger partial charge on any atom is -0.481 e. The van der Waals surface area contributed by atoms with Gasteiger partial charge in [-0.25, -0.2) is 4.79 Å². The predicted octanol–water partition coefficient (Wildman–Crippen LogP) is 3.08. The Labute approximate surface area is 140 Å². The standard InChI is InChI=1S/C19H19NO4/c21-18(22)17-10-15-8-4-5-9-16(15)11-20(12-17)19(23)24-13-14-6-2-1-3-7-14/h1-9,17H,10-13H2,(H,21,22). The summed E-state index contributed by atoms with van der Waals surface area (Å²) in [7, 11) is 0. The van der Waals surface area contributed by atoms with Crippen LogP contribution < -0.4 is 0 Å². The maximum atomic E-state index is 12.4. The summed E-state index contributed by atoms with van der Waals surface area (Å²) in [5, 5.41) is 9.42. The van der Waals surface area contributed by atoms with Crippen molar-refractivity contribution in [2.24, 2.45) is 5.92 Å². The van der Waals surface area contributed by atoms with Crippen molar-refractivity contribution in [2.45, 2.75) is 19.6 Å². The van der Waals surface area contributed by atoms with E-state index < -0.39 is 18.0 Å². The van der Waals surface area contributed by atoms with Crippen LogP contribution in [0.15, 0.2) is 54.6 Å². The van der Waals surface area contributed by atoms with Crippen molar-refractivity contribution < 1.29 is 19.4 Å². The van der Waals surface area contributed by atoms with Crippen LogP contribution >= 0.6 is 0 Å². The Kier molecular flexibility index (Phi) is 4.79. The van der Waals surface area contributed by atoms with Gasteiger partial charge in [0, 0.05) is 13.1 Å². The van der Waals surface area contributed by atoms with E-state index in [1.54, 1.807) is 0 Å². The first-order valence-electron chi connectivity index (χ1n) is 7.88. The Morgan fingerprint density at radius 3 is 2.42 bits per heavy atom. The van der Waals surface area contributed by atoms with Gasteiger partial charge in [-0.15, -0.1) is 0 Å². The maximum absolute atomic E-state index is 12.4. The number of rotatable bonds is 3. The minimum absolute atomic E-state index is 0.150. The highest BCUT2D eigenvalue weighted by Gasteiger charge is 2.29. The Hall–Kier alpha value is -2.82. The van der Waals surface area contributed by atoms with Gasteiger partial charge in [0.1, 0.15) is 6.61 Å². The van der Waals surface area contributed by atoms with Crippen LogP contribution in [0.4, 0.5) is 4.79 Å². The normalized spacial score (nSPS) is 16.8. The Morgan fingerprint density at radius 1 is 1.04 bits per heavy atom. The predicted molar refractivity (Wildman–Crippen MR) is 88.3 cm³/mol. The van der Waals surface area contributed by atoms with Gasteiger partial charge >= 0.3 is 12.1 Å². The fourth-order valence-corrected chi connectivity index (χ4v) is 2.89.